The Labute approximate surface area is 173 Å². The topological polar surface area (TPSA) is 122 Å². The van der Waals surface area contributed by atoms with Crippen molar-refractivity contribution in [1.82, 2.24) is 4.90 Å². The van der Waals surface area contributed by atoms with Gasteiger partial charge in [0.1, 0.15) is 5.69 Å². The van der Waals surface area contributed by atoms with Crippen molar-refractivity contribution in [3.8, 4) is 0 Å². The number of nitrogens with zero attached hydrogens (tertiary/aromatic N) is 4. The van der Waals surface area contributed by atoms with E-state index in [1.54, 1.807) is 0 Å². The molecule has 1 heterocycles. The van der Waals surface area contributed by atoms with Gasteiger partial charge in [-0.05, 0) is 24.1 Å². The molecule has 2 aromatic rings. The number of anilines is 2. The molecule has 0 aromatic heterocycles. The highest BCUT2D eigenvalue weighted by molar-refractivity contribution is 5.93. The van der Waals surface area contributed by atoms with Crippen molar-refractivity contribution in [1.29, 1.82) is 0 Å². The van der Waals surface area contributed by atoms with Crippen LogP contribution < -0.4 is 10.2 Å². The summed E-state index contributed by atoms with van der Waals surface area (Å²) in [4.78, 5) is 37.3. The Morgan fingerprint density at radius 1 is 1.03 bits per heavy atom. The molecule has 0 radical (unpaired) electrons. The zero-order valence-corrected chi connectivity index (χ0v) is 16.6. The third-order valence-corrected chi connectivity index (χ3v) is 5.12. The van der Waals surface area contributed by atoms with Gasteiger partial charge in [0.05, 0.1) is 22.5 Å². The number of benzene rings is 2. The average molecular weight is 413 g/mol. The number of nitro benzene ring substituents is 2. The van der Waals surface area contributed by atoms with E-state index in [4.69, 9.17) is 0 Å². The molecular weight excluding hydrogens is 390 g/mol. The number of non-ortho nitro benzene ring substituents is 1. The van der Waals surface area contributed by atoms with E-state index in [1.165, 1.54) is 12.1 Å². The van der Waals surface area contributed by atoms with Crippen LogP contribution >= 0.6 is 0 Å². The average Bonchev–Trinajstić information content (AvgIpc) is 2.74. The molecule has 3 rings (SSSR count). The summed E-state index contributed by atoms with van der Waals surface area (Å²) < 4.78 is 0. The second kappa shape index (κ2) is 9.31. The van der Waals surface area contributed by atoms with E-state index in [9.17, 15) is 25.0 Å². The highest BCUT2D eigenvalue weighted by atomic mass is 16.6. The van der Waals surface area contributed by atoms with Gasteiger partial charge < -0.3 is 10.2 Å². The zero-order chi connectivity index (χ0) is 21.7. The maximum absolute atomic E-state index is 12.4. The molecule has 30 heavy (non-hydrogen) atoms. The number of nitrogens with one attached hydrogen (secondary N) is 1. The normalized spacial score (nSPS) is 14.4. The van der Waals surface area contributed by atoms with Crippen LogP contribution in [0, 0.1) is 20.2 Å². The van der Waals surface area contributed by atoms with Gasteiger partial charge in [-0.25, -0.2) is 0 Å². The second-order valence-corrected chi connectivity index (χ2v) is 7.01. The molecule has 1 N–H and O–H groups in total. The van der Waals surface area contributed by atoms with Crippen LogP contribution in [0.25, 0.3) is 0 Å². The zero-order valence-electron chi connectivity index (χ0n) is 16.6. The van der Waals surface area contributed by atoms with Crippen LogP contribution in [0.5, 0.6) is 0 Å². The van der Waals surface area contributed by atoms with Gasteiger partial charge in [0.25, 0.3) is 11.4 Å². The van der Waals surface area contributed by atoms with E-state index in [1.807, 2.05) is 41.0 Å². The molecule has 2 aromatic carbocycles. The van der Waals surface area contributed by atoms with E-state index >= 15 is 0 Å². The first-order valence-electron chi connectivity index (χ1n) is 9.67. The second-order valence-electron chi connectivity index (χ2n) is 7.01. The molecule has 10 heteroatoms. The number of hydrogen-bond acceptors (Lipinski definition) is 7. The molecule has 1 saturated heterocycles. The number of rotatable bonds is 7. The number of amides is 1. The number of para-hydroxylation sites is 1. The maximum atomic E-state index is 12.4. The van der Waals surface area contributed by atoms with Crippen LogP contribution in [0.3, 0.4) is 0 Å². The van der Waals surface area contributed by atoms with Gasteiger partial charge in [-0.1, -0.05) is 25.1 Å². The van der Waals surface area contributed by atoms with Crippen LogP contribution in [0.1, 0.15) is 12.5 Å². The van der Waals surface area contributed by atoms with Crippen LogP contribution in [0.15, 0.2) is 42.5 Å². The molecule has 158 valence electrons. The first-order chi connectivity index (χ1) is 14.4. The molecule has 1 fully saturated rings. The highest BCUT2D eigenvalue weighted by Crippen LogP contribution is 2.32. The molecule has 0 spiro atoms. The summed E-state index contributed by atoms with van der Waals surface area (Å²) in [6.07, 6.45) is 0.823. The van der Waals surface area contributed by atoms with Crippen LogP contribution in [-0.2, 0) is 11.2 Å². The Hall–Kier alpha value is -3.53. The Balaban J connectivity index is 1.60. The van der Waals surface area contributed by atoms with Crippen molar-refractivity contribution in [2.24, 2.45) is 0 Å². The SMILES string of the molecule is CCc1ccccc1NC(=O)CN1CCN(c2ccc([N+](=O)[O-])cc2[N+](=O)[O-])CC1. The summed E-state index contributed by atoms with van der Waals surface area (Å²) in [5.74, 6) is -0.106. The highest BCUT2D eigenvalue weighted by Gasteiger charge is 2.26. The standard InChI is InChI=1S/C20H23N5O5/c1-2-15-5-3-4-6-17(15)21-20(26)14-22-9-11-23(12-10-22)18-8-7-16(24(27)28)13-19(18)25(29)30/h3-8,13H,2,9-12,14H2,1H3,(H,21,26). The van der Waals surface area contributed by atoms with Gasteiger partial charge in [0.15, 0.2) is 0 Å². The predicted octanol–water partition coefficient (Wildman–Crippen LogP) is 2.83. The summed E-state index contributed by atoms with van der Waals surface area (Å²) in [5.41, 5.74) is 1.64. The van der Waals surface area contributed by atoms with Crippen molar-refractivity contribution in [2.45, 2.75) is 13.3 Å². The summed E-state index contributed by atoms with van der Waals surface area (Å²) in [6.45, 7) is 4.33. The number of piperazine rings is 1. The van der Waals surface area contributed by atoms with Crippen molar-refractivity contribution in [3.05, 3.63) is 68.3 Å². The third kappa shape index (κ3) is 4.90. The molecule has 1 aliphatic heterocycles. The summed E-state index contributed by atoms with van der Waals surface area (Å²) >= 11 is 0. The van der Waals surface area contributed by atoms with Crippen molar-refractivity contribution < 1.29 is 14.6 Å². The van der Waals surface area contributed by atoms with E-state index in [2.05, 4.69) is 5.32 Å². The number of aryl methyl sites for hydroxylation is 1. The first-order valence-corrected chi connectivity index (χ1v) is 9.67. The number of nitro groups is 2. The maximum Gasteiger partial charge on any atom is 0.299 e. The Bertz CT molecular complexity index is 956. The molecule has 0 atom stereocenters. The Morgan fingerprint density at radius 2 is 1.73 bits per heavy atom. The lowest BCUT2D eigenvalue weighted by Crippen LogP contribution is -2.48. The summed E-state index contributed by atoms with van der Waals surface area (Å²) in [6, 6.07) is 11.3. The Morgan fingerprint density at radius 3 is 2.37 bits per heavy atom. The monoisotopic (exact) mass is 413 g/mol. The lowest BCUT2D eigenvalue weighted by atomic mass is 10.1. The number of carbonyl (C=O) groups is 1. The van der Waals surface area contributed by atoms with Gasteiger partial charge in [0.2, 0.25) is 5.91 Å². The molecular formula is C20H23N5O5. The number of carbonyl (C=O) groups excluding carboxylic acids is 1. The minimum Gasteiger partial charge on any atom is -0.363 e. The lowest BCUT2D eigenvalue weighted by Gasteiger charge is -2.35. The van der Waals surface area contributed by atoms with Crippen molar-refractivity contribution in [2.75, 3.05) is 42.9 Å². The molecule has 0 saturated carbocycles. The van der Waals surface area contributed by atoms with Crippen LogP contribution in [-0.4, -0.2) is 53.4 Å². The fourth-order valence-electron chi connectivity index (χ4n) is 3.53. The molecule has 0 bridgehead atoms. The lowest BCUT2D eigenvalue weighted by molar-refractivity contribution is -0.393. The summed E-state index contributed by atoms with van der Waals surface area (Å²) in [5, 5.41) is 25.2. The van der Waals surface area contributed by atoms with Gasteiger partial charge in [-0.2, -0.15) is 0 Å². The third-order valence-electron chi connectivity index (χ3n) is 5.12. The smallest absolute Gasteiger partial charge is 0.299 e. The molecule has 0 unspecified atom stereocenters. The minimum absolute atomic E-state index is 0.106. The van der Waals surface area contributed by atoms with E-state index in [0.717, 1.165) is 23.7 Å². The minimum atomic E-state index is -0.649. The largest absolute Gasteiger partial charge is 0.363 e. The summed E-state index contributed by atoms with van der Waals surface area (Å²) in [7, 11) is 0. The first kappa shape index (κ1) is 21.2. The predicted molar refractivity (Wildman–Crippen MR) is 113 cm³/mol. The van der Waals surface area contributed by atoms with E-state index < -0.39 is 9.85 Å². The van der Waals surface area contributed by atoms with Gasteiger partial charge in [-0.15, -0.1) is 0 Å². The molecule has 0 aliphatic carbocycles. The fraction of sp³-hybridized carbons (Fsp3) is 0.350. The van der Waals surface area contributed by atoms with Crippen LogP contribution in [0.2, 0.25) is 0 Å². The number of hydrogen-bond donors (Lipinski definition) is 1. The Kier molecular flexibility index (Phi) is 6.58. The van der Waals surface area contributed by atoms with Crippen molar-refractivity contribution >= 4 is 28.7 Å². The van der Waals surface area contributed by atoms with Crippen molar-refractivity contribution in [3.63, 3.8) is 0 Å². The van der Waals surface area contributed by atoms with Gasteiger partial charge in [0, 0.05) is 37.9 Å². The van der Waals surface area contributed by atoms with E-state index in [-0.39, 0.29) is 23.8 Å². The quantitative estimate of drug-likeness (QED) is 0.547. The van der Waals surface area contributed by atoms with Crippen LogP contribution in [0.4, 0.5) is 22.7 Å². The fourth-order valence-corrected chi connectivity index (χ4v) is 3.53. The molecule has 1 amide bonds. The molecule has 1 aliphatic rings. The van der Waals surface area contributed by atoms with Gasteiger partial charge in [-0.3, -0.25) is 29.9 Å². The van der Waals surface area contributed by atoms with Gasteiger partial charge >= 0.3 is 0 Å². The molecule has 10 nitrogen and oxygen atoms in total. The van der Waals surface area contributed by atoms with E-state index in [0.29, 0.717) is 31.9 Å².